The lowest BCUT2D eigenvalue weighted by Crippen LogP contribution is -1.95. The zero-order valence-electron chi connectivity index (χ0n) is 9.32. The fraction of sp³-hybridized carbons (Fsp3) is 0.583. The molecule has 0 saturated carbocycles. The van der Waals surface area contributed by atoms with Gasteiger partial charge < -0.3 is 4.74 Å². The first-order chi connectivity index (χ1) is 6.72. The lowest BCUT2D eigenvalue weighted by molar-refractivity contribution is -0.128. The number of carbonyl (C=O) groups is 1. The summed E-state index contributed by atoms with van der Waals surface area (Å²) in [5.41, 5.74) is 1.59. The molecule has 80 valence electrons. The minimum absolute atomic E-state index is 0.431. The zero-order chi connectivity index (χ0) is 10.8. The van der Waals surface area contributed by atoms with Crippen molar-refractivity contribution in [2.75, 3.05) is 6.61 Å². The van der Waals surface area contributed by atoms with E-state index in [0.717, 1.165) is 5.92 Å². The summed E-state index contributed by atoms with van der Waals surface area (Å²) in [6.07, 6.45) is 9.15. The minimum atomic E-state index is 0.431. The van der Waals surface area contributed by atoms with Crippen LogP contribution in [0.15, 0.2) is 23.8 Å². The van der Waals surface area contributed by atoms with Crippen LogP contribution in [0.5, 0.6) is 0 Å². The number of rotatable bonds is 3. The summed E-state index contributed by atoms with van der Waals surface area (Å²) in [5, 5.41) is 0. The number of hydrogen-bond acceptors (Lipinski definition) is 2. The summed E-state index contributed by atoms with van der Waals surface area (Å²) in [4.78, 5) is 9.18. The van der Waals surface area contributed by atoms with Crippen LogP contribution in [-0.4, -0.2) is 13.1 Å². The first-order valence-electron chi connectivity index (χ1n) is 5.13. The molecule has 0 aromatic carbocycles. The lowest BCUT2D eigenvalue weighted by Gasteiger charge is -2.11. The maximum atomic E-state index is 9.18. The van der Waals surface area contributed by atoms with E-state index < -0.39 is 0 Å². The van der Waals surface area contributed by atoms with Crippen LogP contribution < -0.4 is 0 Å². The van der Waals surface area contributed by atoms with Crippen LogP contribution in [0, 0.1) is 5.92 Å². The van der Waals surface area contributed by atoms with Gasteiger partial charge in [-0.05, 0) is 25.7 Å². The van der Waals surface area contributed by atoms with Crippen LogP contribution in [0.2, 0.25) is 0 Å². The topological polar surface area (TPSA) is 26.3 Å². The molecule has 0 fully saturated rings. The van der Waals surface area contributed by atoms with Crippen LogP contribution in [0.4, 0.5) is 0 Å². The van der Waals surface area contributed by atoms with Crippen LogP contribution in [0.25, 0.3) is 0 Å². The molecule has 14 heavy (non-hydrogen) atoms. The molecular formula is C12H20O2. The second-order valence-electron chi connectivity index (χ2n) is 3.41. The SMILES string of the molecule is CC(C)C1=CC=CCC1.CCOC=O. The molecule has 1 aliphatic carbocycles. The second kappa shape index (κ2) is 8.54. The minimum Gasteiger partial charge on any atom is -0.468 e. The number of ether oxygens (including phenoxy) is 1. The van der Waals surface area contributed by atoms with E-state index in [1.54, 1.807) is 12.5 Å². The highest BCUT2D eigenvalue weighted by Crippen LogP contribution is 2.19. The zero-order valence-corrected chi connectivity index (χ0v) is 9.32. The highest BCUT2D eigenvalue weighted by Gasteiger charge is 2.02. The van der Waals surface area contributed by atoms with Gasteiger partial charge in [-0.3, -0.25) is 4.79 Å². The van der Waals surface area contributed by atoms with Gasteiger partial charge in [-0.1, -0.05) is 37.6 Å². The Hall–Kier alpha value is -1.05. The Labute approximate surface area is 86.6 Å². The van der Waals surface area contributed by atoms with E-state index in [-0.39, 0.29) is 0 Å². The van der Waals surface area contributed by atoms with E-state index in [0.29, 0.717) is 13.1 Å². The third-order valence-electron chi connectivity index (χ3n) is 2.02. The van der Waals surface area contributed by atoms with Crippen LogP contribution in [0.3, 0.4) is 0 Å². The van der Waals surface area contributed by atoms with Gasteiger partial charge in [0.2, 0.25) is 0 Å². The maximum Gasteiger partial charge on any atom is 0.293 e. The predicted octanol–water partition coefficient (Wildman–Crippen LogP) is 3.10. The molecule has 0 heterocycles. The monoisotopic (exact) mass is 196 g/mol. The van der Waals surface area contributed by atoms with Crippen LogP contribution in [0.1, 0.15) is 33.6 Å². The van der Waals surface area contributed by atoms with E-state index in [2.05, 4.69) is 36.8 Å². The molecule has 0 N–H and O–H groups in total. The quantitative estimate of drug-likeness (QED) is 0.648. The first kappa shape index (κ1) is 12.9. The van der Waals surface area contributed by atoms with Crippen molar-refractivity contribution in [2.24, 2.45) is 5.92 Å². The van der Waals surface area contributed by atoms with Gasteiger partial charge in [-0.2, -0.15) is 0 Å². The summed E-state index contributed by atoms with van der Waals surface area (Å²) in [5.74, 6) is 0.745. The van der Waals surface area contributed by atoms with E-state index in [9.17, 15) is 4.79 Å². The molecule has 0 amide bonds. The molecule has 0 saturated heterocycles. The molecule has 1 aliphatic rings. The highest BCUT2D eigenvalue weighted by atomic mass is 16.5. The van der Waals surface area contributed by atoms with Gasteiger partial charge in [0.05, 0.1) is 6.61 Å². The molecule has 0 aromatic heterocycles. The van der Waals surface area contributed by atoms with Crippen molar-refractivity contribution in [1.29, 1.82) is 0 Å². The summed E-state index contributed by atoms with van der Waals surface area (Å²) in [6.45, 7) is 7.17. The Morgan fingerprint density at radius 2 is 2.29 bits per heavy atom. The van der Waals surface area contributed by atoms with Gasteiger partial charge in [-0.25, -0.2) is 0 Å². The summed E-state index contributed by atoms with van der Waals surface area (Å²) in [6, 6.07) is 0. The second-order valence-corrected chi connectivity index (χ2v) is 3.41. The van der Waals surface area contributed by atoms with Crippen molar-refractivity contribution in [2.45, 2.75) is 33.6 Å². The maximum absolute atomic E-state index is 9.18. The van der Waals surface area contributed by atoms with Crippen molar-refractivity contribution in [3.63, 3.8) is 0 Å². The average Bonchev–Trinajstić information content (AvgIpc) is 2.21. The standard InChI is InChI=1S/C9H14.C3H6O2/c1-8(2)9-6-4-3-5-7-9;1-2-5-3-4/h3-4,6,8H,5,7H2,1-2H3;3H,2H2,1H3. The van der Waals surface area contributed by atoms with Gasteiger partial charge in [0, 0.05) is 0 Å². The number of allylic oxidation sites excluding steroid dienone is 4. The molecule has 0 bridgehead atoms. The van der Waals surface area contributed by atoms with Crippen molar-refractivity contribution < 1.29 is 9.53 Å². The summed E-state index contributed by atoms with van der Waals surface area (Å²) < 4.78 is 4.15. The Morgan fingerprint density at radius 1 is 1.57 bits per heavy atom. The van der Waals surface area contributed by atoms with Gasteiger partial charge in [0.25, 0.3) is 6.47 Å². The number of hydrogen-bond donors (Lipinski definition) is 0. The fourth-order valence-electron chi connectivity index (χ4n) is 1.17. The molecule has 1 rings (SSSR count). The third kappa shape index (κ3) is 6.46. The first-order valence-corrected chi connectivity index (χ1v) is 5.13. The van der Waals surface area contributed by atoms with Crippen LogP contribution >= 0.6 is 0 Å². The number of carbonyl (C=O) groups excluding carboxylic acids is 1. The van der Waals surface area contributed by atoms with E-state index in [1.807, 2.05) is 0 Å². The van der Waals surface area contributed by atoms with Gasteiger partial charge in [-0.15, -0.1) is 0 Å². The Kier molecular flexibility index (Phi) is 7.90. The molecule has 0 radical (unpaired) electrons. The van der Waals surface area contributed by atoms with Crippen LogP contribution in [-0.2, 0) is 9.53 Å². The normalized spacial score (nSPS) is 14.1. The van der Waals surface area contributed by atoms with E-state index in [4.69, 9.17) is 0 Å². The molecule has 2 nitrogen and oxygen atoms in total. The van der Waals surface area contributed by atoms with Gasteiger partial charge in [0.1, 0.15) is 0 Å². The molecule has 0 aromatic rings. The molecule has 0 aliphatic heterocycles. The molecular weight excluding hydrogens is 176 g/mol. The molecule has 2 heteroatoms. The fourth-order valence-corrected chi connectivity index (χ4v) is 1.17. The largest absolute Gasteiger partial charge is 0.468 e. The van der Waals surface area contributed by atoms with E-state index in [1.165, 1.54) is 12.8 Å². The molecule has 0 spiro atoms. The summed E-state index contributed by atoms with van der Waals surface area (Å²) >= 11 is 0. The molecule has 0 unspecified atom stereocenters. The van der Waals surface area contributed by atoms with Crippen molar-refractivity contribution in [1.82, 2.24) is 0 Å². The Bertz CT molecular complexity index is 202. The smallest absolute Gasteiger partial charge is 0.293 e. The third-order valence-corrected chi connectivity index (χ3v) is 2.02. The van der Waals surface area contributed by atoms with Crippen molar-refractivity contribution in [3.8, 4) is 0 Å². The van der Waals surface area contributed by atoms with Gasteiger partial charge >= 0.3 is 0 Å². The van der Waals surface area contributed by atoms with E-state index >= 15 is 0 Å². The van der Waals surface area contributed by atoms with Crippen molar-refractivity contribution in [3.05, 3.63) is 23.8 Å². The summed E-state index contributed by atoms with van der Waals surface area (Å²) in [7, 11) is 0. The predicted molar refractivity (Wildman–Crippen MR) is 59.0 cm³/mol. The average molecular weight is 196 g/mol. The molecule has 0 atom stereocenters. The highest BCUT2D eigenvalue weighted by molar-refractivity contribution is 5.36. The van der Waals surface area contributed by atoms with Gasteiger partial charge in [0.15, 0.2) is 0 Å². The van der Waals surface area contributed by atoms with Crippen molar-refractivity contribution >= 4 is 6.47 Å². The Balaban J connectivity index is 0.000000292. The Morgan fingerprint density at radius 3 is 2.50 bits per heavy atom. The lowest BCUT2D eigenvalue weighted by atomic mass is 9.95.